The van der Waals surface area contributed by atoms with Gasteiger partial charge in [0.2, 0.25) is 0 Å². The van der Waals surface area contributed by atoms with Gasteiger partial charge in [-0.05, 0) is 11.1 Å². The molecule has 2 aromatic rings. The van der Waals surface area contributed by atoms with Crippen molar-refractivity contribution < 1.29 is 4.74 Å². The summed E-state index contributed by atoms with van der Waals surface area (Å²) in [5.41, 5.74) is 1.46. The summed E-state index contributed by atoms with van der Waals surface area (Å²) in [7, 11) is 0. The van der Waals surface area contributed by atoms with Gasteiger partial charge in [0.05, 0.1) is 19.3 Å². The Hall–Kier alpha value is -2.15. The molecule has 0 N–H and O–H groups in total. The molecule has 0 radical (unpaired) electrons. The second-order valence-electron chi connectivity index (χ2n) is 5.64. The first-order valence-electron chi connectivity index (χ1n) is 7.67. The van der Waals surface area contributed by atoms with E-state index in [0.29, 0.717) is 6.54 Å². The van der Waals surface area contributed by atoms with Crippen LogP contribution in [0, 0.1) is 11.3 Å². The number of benzene rings is 2. The number of morpholine rings is 1. The van der Waals surface area contributed by atoms with Crippen molar-refractivity contribution in [2.45, 2.75) is 5.41 Å². The summed E-state index contributed by atoms with van der Waals surface area (Å²) in [6.45, 7) is 3.93. The first-order valence-corrected chi connectivity index (χ1v) is 7.67. The van der Waals surface area contributed by atoms with Crippen molar-refractivity contribution in [3.8, 4) is 6.07 Å². The lowest BCUT2D eigenvalue weighted by molar-refractivity contribution is 0.0332. The molecule has 0 aliphatic carbocycles. The maximum atomic E-state index is 10.1. The van der Waals surface area contributed by atoms with E-state index in [1.165, 1.54) is 0 Å². The van der Waals surface area contributed by atoms with Gasteiger partial charge in [-0.1, -0.05) is 60.7 Å². The fourth-order valence-corrected chi connectivity index (χ4v) is 3.05. The maximum absolute atomic E-state index is 10.1. The third kappa shape index (κ3) is 2.89. The Morgan fingerprint density at radius 2 is 1.41 bits per heavy atom. The van der Waals surface area contributed by atoms with Crippen molar-refractivity contribution in [2.75, 3.05) is 32.8 Å². The first-order chi connectivity index (χ1) is 10.8. The molecule has 2 aromatic carbocycles. The quantitative estimate of drug-likeness (QED) is 0.869. The van der Waals surface area contributed by atoms with Gasteiger partial charge in [-0.15, -0.1) is 0 Å². The summed E-state index contributed by atoms with van der Waals surface area (Å²) < 4.78 is 5.43. The number of rotatable bonds is 4. The zero-order valence-corrected chi connectivity index (χ0v) is 12.6. The molecule has 0 unspecified atom stereocenters. The molecule has 3 rings (SSSR count). The second kappa shape index (κ2) is 6.74. The van der Waals surface area contributed by atoms with Gasteiger partial charge >= 0.3 is 0 Å². The van der Waals surface area contributed by atoms with Crippen molar-refractivity contribution in [3.63, 3.8) is 0 Å². The Balaban J connectivity index is 2.03. The SMILES string of the molecule is N#CC(CN1CCOCC1)(c1ccccc1)c1ccccc1. The predicted octanol–water partition coefficient (Wildman–Crippen LogP) is 2.83. The Morgan fingerprint density at radius 3 is 1.86 bits per heavy atom. The largest absolute Gasteiger partial charge is 0.379 e. The van der Waals surface area contributed by atoms with Gasteiger partial charge in [0.25, 0.3) is 0 Å². The molecular formula is C19H20N2O. The van der Waals surface area contributed by atoms with E-state index in [0.717, 1.165) is 37.4 Å². The summed E-state index contributed by atoms with van der Waals surface area (Å²) in [4.78, 5) is 2.33. The van der Waals surface area contributed by atoms with Crippen LogP contribution in [0.5, 0.6) is 0 Å². The molecular weight excluding hydrogens is 272 g/mol. The van der Waals surface area contributed by atoms with Gasteiger partial charge in [0, 0.05) is 19.6 Å². The van der Waals surface area contributed by atoms with Gasteiger partial charge in [-0.3, -0.25) is 4.90 Å². The van der Waals surface area contributed by atoms with E-state index in [2.05, 4.69) is 35.2 Å². The molecule has 3 heteroatoms. The molecule has 0 atom stereocenters. The van der Waals surface area contributed by atoms with E-state index in [9.17, 15) is 5.26 Å². The molecule has 22 heavy (non-hydrogen) atoms. The van der Waals surface area contributed by atoms with Crippen LogP contribution in [0.2, 0.25) is 0 Å². The Morgan fingerprint density at radius 1 is 0.909 bits per heavy atom. The van der Waals surface area contributed by atoms with Crippen molar-refractivity contribution in [1.82, 2.24) is 4.90 Å². The lowest BCUT2D eigenvalue weighted by Gasteiger charge is -2.36. The van der Waals surface area contributed by atoms with Crippen molar-refractivity contribution >= 4 is 0 Å². The minimum atomic E-state index is -0.639. The van der Waals surface area contributed by atoms with Gasteiger partial charge in [-0.2, -0.15) is 5.26 Å². The van der Waals surface area contributed by atoms with E-state index in [1.54, 1.807) is 0 Å². The highest BCUT2D eigenvalue weighted by atomic mass is 16.5. The molecule has 1 aliphatic heterocycles. The summed E-state index contributed by atoms with van der Waals surface area (Å²) >= 11 is 0. The number of nitriles is 1. The van der Waals surface area contributed by atoms with E-state index in [-0.39, 0.29) is 0 Å². The van der Waals surface area contributed by atoms with E-state index >= 15 is 0 Å². The van der Waals surface area contributed by atoms with Crippen LogP contribution in [0.15, 0.2) is 60.7 Å². The lowest BCUT2D eigenvalue weighted by Crippen LogP contribution is -2.46. The Bertz CT molecular complexity index is 588. The molecule has 0 saturated carbocycles. The topological polar surface area (TPSA) is 36.3 Å². The van der Waals surface area contributed by atoms with Crippen LogP contribution in [0.4, 0.5) is 0 Å². The fraction of sp³-hybridized carbons (Fsp3) is 0.316. The summed E-state index contributed by atoms with van der Waals surface area (Å²) in [5.74, 6) is 0. The highest BCUT2D eigenvalue weighted by molar-refractivity contribution is 5.46. The van der Waals surface area contributed by atoms with Crippen LogP contribution in [-0.4, -0.2) is 37.7 Å². The fourth-order valence-electron chi connectivity index (χ4n) is 3.05. The van der Waals surface area contributed by atoms with Crippen LogP contribution >= 0.6 is 0 Å². The van der Waals surface area contributed by atoms with E-state index in [4.69, 9.17) is 4.74 Å². The standard InChI is InChI=1S/C19H20N2O/c20-15-19(17-7-3-1-4-8-17,18-9-5-2-6-10-18)16-21-11-13-22-14-12-21/h1-10H,11-14,16H2. The monoisotopic (exact) mass is 292 g/mol. The molecule has 1 fully saturated rings. The highest BCUT2D eigenvalue weighted by Gasteiger charge is 2.36. The molecule has 1 saturated heterocycles. The van der Waals surface area contributed by atoms with Crippen molar-refractivity contribution in [2.24, 2.45) is 0 Å². The van der Waals surface area contributed by atoms with Gasteiger partial charge in [-0.25, -0.2) is 0 Å². The zero-order chi connectivity index (χ0) is 15.3. The molecule has 0 spiro atoms. The van der Waals surface area contributed by atoms with Gasteiger partial charge in [0.1, 0.15) is 5.41 Å². The molecule has 112 valence electrons. The molecule has 0 aromatic heterocycles. The Kier molecular flexibility index (Phi) is 4.53. The summed E-state index contributed by atoms with van der Waals surface area (Å²) in [6, 6.07) is 22.8. The molecule has 1 heterocycles. The zero-order valence-electron chi connectivity index (χ0n) is 12.6. The minimum absolute atomic E-state index is 0.639. The van der Waals surface area contributed by atoms with E-state index in [1.807, 2.05) is 36.4 Å². The molecule has 3 nitrogen and oxygen atoms in total. The minimum Gasteiger partial charge on any atom is -0.379 e. The van der Waals surface area contributed by atoms with Crippen LogP contribution in [0.25, 0.3) is 0 Å². The maximum Gasteiger partial charge on any atom is 0.120 e. The molecule has 1 aliphatic rings. The number of nitrogens with zero attached hydrogens (tertiary/aromatic N) is 2. The molecule has 0 amide bonds. The van der Waals surface area contributed by atoms with Gasteiger partial charge < -0.3 is 4.74 Å². The number of hydrogen-bond acceptors (Lipinski definition) is 3. The smallest absolute Gasteiger partial charge is 0.120 e. The number of ether oxygens (including phenoxy) is 1. The summed E-state index contributed by atoms with van der Waals surface area (Å²) in [6.07, 6.45) is 0. The highest BCUT2D eigenvalue weighted by Crippen LogP contribution is 2.33. The van der Waals surface area contributed by atoms with Crippen LogP contribution in [0.3, 0.4) is 0 Å². The normalized spacial score (nSPS) is 16.1. The predicted molar refractivity (Wildman–Crippen MR) is 86.5 cm³/mol. The average Bonchev–Trinajstić information content (AvgIpc) is 2.62. The summed E-state index contributed by atoms with van der Waals surface area (Å²) in [5, 5.41) is 10.1. The average molecular weight is 292 g/mol. The third-order valence-electron chi connectivity index (χ3n) is 4.29. The lowest BCUT2D eigenvalue weighted by atomic mass is 9.75. The number of hydrogen-bond donors (Lipinski definition) is 0. The van der Waals surface area contributed by atoms with Crippen molar-refractivity contribution in [3.05, 3.63) is 71.8 Å². The van der Waals surface area contributed by atoms with E-state index < -0.39 is 5.41 Å². The van der Waals surface area contributed by atoms with Crippen LogP contribution in [-0.2, 0) is 10.2 Å². The third-order valence-corrected chi connectivity index (χ3v) is 4.29. The second-order valence-corrected chi connectivity index (χ2v) is 5.64. The Labute approximate surface area is 131 Å². The van der Waals surface area contributed by atoms with Crippen molar-refractivity contribution in [1.29, 1.82) is 5.26 Å². The van der Waals surface area contributed by atoms with Gasteiger partial charge in [0.15, 0.2) is 0 Å². The first kappa shape index (κ1) is 14.8. The van der Waals surface area contributed by atoms with Crippen LogP contribution < -0.4 is 0 Å². The van der Waals surface area contributed by atoms with Crippen LogP contribution in [0.1, 0.15) is 11.1 Å². The molecule has 0 bridgehead atoms.